The second-order valence-corrected chi connectivity index (χ2v) is 7.25. The standard InChI is InChI=1S/C17H24N4OS/c1-11(2)14(23-17-19-15(12(3)4)20-21-17)16(22)18-10-13-8-6-5-7-9-13/h5-9,11-12,14H,10H2,1-4H3,(H,18,22)(H,19,20,21)/t14-/m1/s1. The number of nitrogens with one attached hydrogen (secondary N) is 2. The van der Waals surface area contributed by atoms with E-state index in [-0.39, 0.29) is 17.1 Å². The molecule has 124 valence electrons. The van der Waals surface area contributed by atoms with Crippen molar-refractivity contribution in [1.82, 2.24) is 20.5 Å². The van der Waals surface area contributed by atoms with Crippen molar-refractivity contribution in [2.45, 2.75) is 50.6 Å². The summed E-state index contributed by atoms with van der Waals surface area (Å²) in [4.78, 5) is 17.0. The average Bonchev–Trinajstić information content (AvgIpc) is 3.00. The highest BCUT2D eigenvalue weighted by molar-refractivity contribution is 8.00. The van der Waals surface area contributed by atoms with Crippen LogP contribution in [0.1, 0.15) is 45.0 Å². The lowest BCUT2D eigenvalue weighted by atomic mass is 10.1. The number of thioether (sulfide) groups is 1. The van der Waals surface area contributed by atoms with Gasteiger partial charge in [0.05, 0.1) is 5.25 Å². The van der Waals surface area contributed by atoms with Gasteiger partial charge in [0.2, 0.25) is 11.1 Å². The fraction of sp³-hybridized carbons (Fsp3) is 0.471. The van der Waals surface area contributed by atoms with Crippen LogP contribution in [0.3, 0.4) is 0 Å². The van der Waals surface area contributed by atoms with E-state index in [1.54, 1.807) is 0 Å². The normalized spacial score (nSPS) is 12.6. The molecule has 0 saturated carbocycles. The summed E-state index contributed by atoms with van der Waals surface area (Å²) in [7, 11) is 0. The summed E-state index contributed by atoms with van der Waals surface area (Å²) in [6, 6.07) is 9.91. The van der Waals surface area contributed by atoms with E-state index in [0.717, 1.165) is 11.4 Å². The molecule has 1 aromatic carbocycles. The van der Waals surface area contributed by atoms with Gasteiger partial charge in [0, 0.05) is 12.5 Å². The van der Waals surface area contributed by atoms with Crippen LogP contribution in [0.5, 0.6) is 0 Å². The monoisotopic (exact) mass is 332 g/mol. The van der Waals surface area contributed by atoms with Gasteiger partial charge in [0.25, 0.3) is 0 Å². The molecule has 1 heterocycles. The number of rotatable bonds is 7. The van der Waals surface area contributed by atoms with Crippen molar-refractivity contribution in [3.8, 4) is 0 Å². The molecule has 5 nitrogen and oxygen atoms in total. The summed E-state index contributed by atoms with van der Waals surface area (Å²) < 4.78 is 0. The molecule has 0 bridgehead atoms. The molecule has 1 aromatic heterocycles. The highest BCUT2D eigenvalue weighted by Gasteiger charge is 2.25. The maximum absolute atomic E-state index is 12.5. The van der Waals surface area contributed by atoms with Gasteiger partial charge in [-0.3, -0.25) is 9.89 Å². The first-order chi connectivity index (χ1) is 11.0. The second kappa shape index (κ2) is 8.15. The molecule has 0 aliphatic carbocycles. The number of H-pyrrole nitrogens is 1. The van der Waals surface area contributed by atoms with Crippen LogP contribution in [-0.2, 0) is 11.3 Å². The molecule has 1 amide bonds. The van der Waals surface area contributed by atoms with Gasteiger partial charge < -0.3 is 5.32 Å². The molecular formula is C17H24N4OS. The zero-order valence-electron chi connectivity index (χ0n) is 14.0. The van der Waals surface area contributed by atoms with Crippen LogP contribution in [0.4, 0.5) is 0 Å². The summed E-state index contributed by atoms with van der Waals surface area (Å²) >= 11 is 1.41. The zero-order valence-corrected chi connectivity index (χ0v) is 14.9. The molecule has 0 radical (unpaired) electrons. The Morgan fingerprint density at radius 3 is 2.48 bits per heavy atom. The molecular weight excluding hydrogens is 308 g/mol. The first kappa shape index (κ1) is 17.5. The number of hydrogen-bond donors (Lipinski definition) is 2. The third kappa shape index (κ3) is 5.10. The summed E-state index contributed by atoms with van der Waals surface area (Å²) in [5, 5.41) is 10.6. The van der Waals surface area contributed by atoms with Gasteiger partial charge >= 0.3 is 0 Å². The predicted molar refractivity (Wildman–Crippen MR) is 93.2 cm³/mol. The summed E-state index contributed by atoms with van der Waals surface area (Å²) in [6.07, 6.45) is 0. The number of carbonyl (C=O) groups excluding carboxylic acids is 1. The minimum absolute atomic E-state index is 0.0183. The maximum Gasteiger partial charge on any atom is 0.234 e. The fourth-order valence-electron chi connectivity index (χ4n) is 2.06. The second-order valence-electron chi connectivity index (χ2n) is 6.14. The Labute approximate surface area is 141 Å². The van der Waals surface area contributed by atoms with Crippen LogP contribution in [0.2, 0.25) is 0 Å². The molecule has 0 spiro atoms. The molecule has 2 N–H and O–H groups in total. The molecule has 0 saturated heterocycles. The van der Waals surface area contributed by atoms with Crippen molar-refractivity contribution < 1.29 is 4.79 Å². The van der Waals surface area contributed by atoms with Crippen LogP contribution in [0, 0.1) is 5.92 Å². The number of aromatic amines is 1. The lowest BCUT2D eigenvalue weighted by Gasteiger charge is -2.18. The van der Waals surface area contributed by atoms with E-state index in [2.05, 4.69) is 34.3 Å². The molecule has 0 fully saturated rings. The average molecular weight is 332 g/mol. The SMILES string of the molecule is CC(C)c1nc(S[C@@H](C(=O)NCc2ccccc2)C(C)C)n[nH]1. The summed E-state index contributed by atoms with van der Waals surface area (Å²) in [5.74, 6) is 1.35. The number of aromatic nitrogens is 3. The molecule has 6 heteroatoms. The van der Waals surface area contributed by atoms with Gasteiger partial charge in [-0.1, -0.05) is 69.8 Å². The van der Waals surface area contributed by atoms with Crippen molar-refractivity contribution in [3.63, 3.8) is 0 Å². The predicted octanol–water partition coefficient (Wildman–Crippen LogP) is 3.36. The van der Waals surface area contributed by atoms with Gasteiger partial charge in [0.1, 0.15) is 5.82 Å². The molecule has 0 aliphatic heterocycles. The minimum Gasteiger partial charge on any atom is -0.351 e. The topological polar surface area (TPSA) is 70.7 Å². The summed E-state index contributed by atoms with van der Waals surface area (Å²) in [6.45, 7) is 8.73. The van der Waals surface area contributed by atoms with E-state index in [4.69, 9.17) is 0 Å². The van der Waals surface area contributed by atoms with Gasteiger partial charge in [-0.05, 0) is 11.5 Å². The lowest BCUT2D eigenvalue weighted by molar-refractivity contribution is -0.121. The van der Waals surface area contributed by atoms with E-state index in [1.807, 2.05) is 44.2 Å². The van der Waals surface area contributed by atoms with E-state index < -0.39 is 0 Å². The highest BCUT2D eigenvalue weighted by atomic mass is 32.2. The van der Waals surface area contributed by atoms with Crippen molar-refractivity contribution in [3.05, 3.63) is 41.7 Å². The van der Waals surface area contributed by atoms with E-state index in [0.29, 0.717) is 17.6 Å². The first-order valence-electron chi connectivity index (χ1n) is 7.88. The molecule has 23 heavy (non-hydrogen) atoms. The Kier molecular flexibility index (Phi) is 6.21. The van der Waals surface area contributed by atoms with Gasteiger partial charge in [-0.15, -0.1) is 5.10 Å². The quantitative estimate of drug-likeness (QED) is 0.763. The van der Waals surface area contributed by atoms with Gasteiger partial charge in [-0.2, -0.15) is 0 Å². The van der Waals surface area contributed by atoms with Crippen LogP contribution in [0.15, 0.2) is 35.5 Å². The maximum atomic E-state index is 12.5. The third-order valence-electron chi connectivity index (χ3n) is 3.43. The molecule has 2 rings (SSSR count). The number of amides is 1. The third-order valence-corrected chi connectivity index (χ3v) is 4.84. The molecule has 1 atom stereocenters. The molecule has 0 unspecified atom stereocenters. The van der Waals surface area contributed by atoms with Gasteiger partial charge in [0.15, 0.2) is 0 Å². The van der Waals surface area contributed by atoms with Crippen molar-refractivity contribution in [2.24, 2.45) is 5.92 Å². The van der Waals surface area contributed by atoms with Crippen LogP contribution < -0.4 is 5.32 Å². The van der Waals surface area contributed by atoms with Crippen LogP contribution in [0.25, 0.3) is 0 Å². The van der Waals surface area contributed by atoms with E-state index in [9.17, 15) is 4.79 Å². The summed E-state index contributed by atoms with van der Waals surface area (Å²) in [5.41, 5.74) is 1.09. The zero-order chi connectivity index (χ0) is 16.8. The molecule has 2 aromatic rings. The van der Waals surface area contributed by atoms with Crippen LogP contribution >= 0.6 is 11.8 Å². The fourth-order valence-corrected chi connectivity index (χ4v) is 3.00. The Balaban J connectivity index is 1.98. The first-order valence-corrected chi connectivity index (χ1v) is 8.76. The Morgan fingerprint density at radius 1 is 1.22 bits per heavy atom. The van der Waals surface area contributed by atoms with Crippen molar-refractivity contribution in [2.75, 3.05) is 0 Å². The highest BCUT2D eigenvalue weighted by Crippen LogP contribution is 2.26. The Morgan fingerprint density at radius 2 is 1.91 bits per heavy atom. The number of nitrogens with zero attached hydrogens (tertiary/aromatic N) is 2. The van der Waals surface area contributed by atoms with Crippen molar-refractivity contribution in [1.29, 1.82) is 0 Å². The van der Waals surface area contributed by atoms with E-state index in [1.165, 1.54) is 11.8 Å². The lowest BCUT2D eigenvalue weighted by Crippen LogP contribution is -2.35. The Hall–Kier alpha value is -1.82. The molecule has 0 aliphatic rings. The Bertz CT molecular complexity index is 625. The largest absolute Gasteiger partial charge is 0.351 e. The smallest absolute Gasteiger partial charge is 0.234 e. The van der Waals surface area contributed by atoms with Crippen LogP contribution in [-0.4, -0.2) is 26.3 Å². The minimum atomic E-state index is -0.213. The number of hydrogen-bond acceptors (Lipinski definition) is 4. The van der Waals surface area contributed by atoms with E-state index >= 15 is 0 Å². The number of carbonyl (C=O) groups is 1. The van der Waals surface area contributed by atoms with Crippen molar-refractivity contribution >= 4 is 17.7 Å². The van der Waals surface area contributed by atoms with Gasteiger partial charge in [-0.25, -0.2) is 4.98 Å². The number of benzene rings is 1.